The van der Waals surface area contributed by atoms with E-state index in [1.54, 1.807) is 10.5 Å². The van der Waals surface area contributed by atoms with E-state index in [1.165, 1.54) is 11.1 Å². The second kappa shape index (κ2) is 5.85. The van der Waals surface area contributed by atoms with Gasteiger partial charge in [-0.1, -0.05) is 30.3 Å². The summed E-state index contributed by atoms with van der Waals surface area (Å²) in [4.78, 5) is 19.2. The van der Waals surface area contributed by atoms with Gasteiger partial charge in [0.25, 0.3) is 5.56 Å². The number of nitrogens with zero attached hydrogens (tertiary/aromatic N) is 3. The Balaban J connectivity index is 1.63. The van der Waals surface area contributed by atoms with Gasteiger partial charge in [0.2, 0.25) is 0 Å². The molecule has 1 aliphatic heterocycles. The third-order valence-electron chi connectivity index (χ3n) is 4.55. The second-order valence-electron chi connectivity index (χ2n) is 6.50. The summed E-state index contributed by atoms with van der Waals surface area (Å²) >= 11 is 0. The molecule has 1 atom stereocenters. The van der Waals surface area contributed by atoms with Crippen molar-refractivity contribution in [1.82, 2.24) is 14.3 Å². The Hall–Kier alpha value is -2.50. The van der Waals surface area contributed by atoms with Crippen molar-refractivity contribution in [1.29, 1.82) is 0 Å². The molecule has 3 heterocycles. The molecule has 2 aromatic heterocycles. The second-order valence-corrected chi connectivity index (χ2v) is 6.50. The molecular weight excluding hydrogens is 300 g/mol. The number of nitrogens with two attached hydrogens (primary N) is 1. The number of pyridine rings is 1. The van der Waals surface area contributed by atoms with Crippen molar-refractivity contribution in [3.05, 3.63) is 81.4 Å². The minimum Gasteiger partial charge on any atom is -0.323 e. The lowest BCUT2D eigenvalue weighted by Gasteiger charge is -2.32. The van der Waals surface area contributed by atoms with Gasteiger partial charge in [-0.25, -0.2) is 4.98 Å². The van der Waals surface area contributed by atoms with Crippen LogP contribution in [0, 0.1) is 6.92 Å². The van der Waals surface area contributed by atoms with Crippen molar-refractivity contribution in [2.24, 2.45) is 5.73 Å². The molecule has 5 nitrogen and oxygen atoms in total. The molecule has 5 heteroatoms. The summed E-state index contributed by atoms with van der Waals surface area (Å²) in [5.41, 5.74) is 11.2. The number of aryl methyl sites for hydroxylation is 1. The van der Waals surface area contributed by atoms with E-state index < -0.39 is 0 Å². The fourth-order valence-electron chi connectivity index (χ4n) is 3.41. The van der Waals surface area contributed by atoms with Crippen LogP contribution in [0.25, 0.3) is 5.65 Å². The highest BCUT2D eigenvalue weighted by molar-refractivity contribution is 5.40. The largest absolute Gasteiger partial charge is 0.323 e. The third-order valence-corrected chi connectivity index (χ3v) is 4.55. The van der Waals surface area contributed by atoms with Crippen LogP contribution in [0.1, 0.15) is 28.4 Å². The Bertz CT molecular complexity index is 963. The maximum Gasteiger partial charge on any atom is 0.258 e. The Labute approximate surface area is 140 Å². The first kappa shape index (κ1) is 15.1. The first-order chi connectivity index (χ1) is 11.6. The molecule has 0 aliphatic carbocycles. The van der Waals surface area contributed by atoms with E-state index in [0.717, 1.165) is 24.3 Å². The minimum absolute atomic E-state index is 0.000784. The van der Waals surface area contributed by atoms with E-state index in [0.29, 0.717) is 12.2 Å². The summed E-state index contributed by atoms with van der Waals surface area (Å²) in [5.74, 6) is 0. The van der Waals surface area contributed by atoms with Crippen molar-refractivity contribution in [3.8, 4) is 0 Å². The number of hydrogen-bond acceptors (Lipinski definition) is 4. The smallest absolute Gasteiger partial charge is 0.258 e. The van der Waals surface area contributed by atoms with E-state index in [1.807, 2.05) is 37.4 Å². The van der Waals surface area contributed by atoms with Crippen molar-refractivity contribution < 1.29 is 0 Å². The zero-order chi connectivity index (χ0) is 16.7. The standard InChI is InChI=1S/C19H20N4O/c1-13-6-7-18-21-15(8-19(24)23(18)9-13)11-22-10-14-4-2-3-5-16(14)17(20)12-22/h2-9,17H,10-12,20H2,1H3. The van der Waals surface area contributed by atoms with Gasteiger partial charge in [0.1, 0.15) is 5.65 Å². The lowest BCUT2D eigenvalue weighted by atomic mass is 9.96. The van der Waals surface area contributed by atoms with Crippen LogP contribution in [0.3, 0.4) is 0 Å². The molecule has 0 amide bonds. The molecule has 1 aromatic carbocycles. The number of hydrogen-bond donors (Lipinski definition) is 1. The molecule has 0 saturated carbocycles. The van der Waals surface area contributed by atoms with Crippen LogP contribution >= 0.6 is 0 Å². The first-order valence-corrected chi connectivity index (χ1v) is 8.15. The number of benzene rings is 1. The van der Waals surface area contributed by atoms with E-state index in [4.69, 9.17) is 5.73 Å². The van der Waals surface area contributed by atoms with Crippen molar-refractivity contribution in [2.75, 3.05) is 6.54 Å². The Morgan fingerprint density at radius 3 is 2.96 bits per heavy atom. The average molecular weight is 320 g/mol. The number of fused-ring (bicyclic) bond motifs is 2. The SMILES string of the molecule is Cc1ccc2nc(CN3Cc4ccccc4C(N)C3)cc(=O)n2c1. The monoisotopic (exact) mass is 320 g/mol. The van der Waals surface area contributed by atoms with Crippen LogP contribution in [0.5, 0.6) is 0 Å². The zero-order valence-electron chi connectivity index (χ0n) is 13.6. The fraction of sp³-hybridized carbons (Fsp3) is 0.263. The molecule has 3 aromatic rings. The molecular formula is C19H20N4O. The molecule has 1 aliphatic rings. The molecule has 0 radical (unpaired) electrons. The summed E-state index contributed by atoms with van der Waals surface area (Å²) in [6.07, 6.45) is 1.82. The molecule has 1 unspecified atom stereocenters. The van der Waals surface area contributed by atoms with Crippen LogP contribution in [0.2, 0.25) is 0 Å². The van der Waals surface area contributed by atoms with Gasteiger partial charge >= 0.3 is 0 Å². The lowest BCUT2D eigenvalue weighted by Crippen LogP contribution is -2.37. The lowest BCUT2D eigenvalue weighted by molar-refractivity contribution is 0.220. The molecule has 0 spiro atoms. The van der Waals surface area contributed by atoms with Gasteiger partial charge < -0.3 is 5.73 Å². The molecule has 0 bridgehead atoms. The molecule has 0 saturated heterocycles. The van der Waals surface area contributed by atoms with Gasteiger partial charge in [-0.3, -0.25) is 14.1 Å². The van der Waals surface area contributed by atoms with E-state index in [-0.39, 0.29) is 11.6 Å². The van der Waals surface area contributed by atoms with E-state index in [2.05, 4.69) is 22.0 Å². The molecule has 2 N–H and O–H groups in total. The highest BCUT2D eigenvalue weighted by atomic mass is 16.1. The summed E-state index contributed by atoms with van der Waals surface area (Å²) in [6.45, 7) is 4.19. The topological polar surface area (TPSA) is 63.6 Å². The summed E-state index contributed by atoms with van der Waals surface area (Å²) in [5, 5.41) is 0. The quantitative estimate of drug-likeness (QED) is 0.784. The zero-order valence-corrected chi connectivity index (χ0v) is 13.6. The van der Waals surface area contributed by atoms with Crippen LogP contribution in [-0.2, 0) is 13.1 Å². The Morgan fingerprint density at radius 2 is 2.08 bits per heavy atom. The van der Waals surface area contributed by atoms with Crippen LogP contribution in [0.4, 0.5) is 0 Å². The Morgan fingerprint density at radius 1 is 1.25 bits per heavy atom. The normalized spacial score (nSPS) is 17.8. The summed E-state index contributed by atoms with van der Waals surface area (Å²) < 4.78 is 1.59. The molecule has 4 rings (SSSR count). The Kier molecular flexibility index (Phi) is 3.67. The molecule has 0 fully saturated rings. The van der Waals surface area contributed by atoms with Gasteiger partial charge in [0.15, 0.2) is 0 Å². The maximum atomic E-state index is 12.3. The van der Waals surface area contributed by atoms with Gasteiger partial charge in [-0.05, 0) is 29.7 Å². The van der Waals surface area contributed by atoms with E-state index >= 15 is 0 Å². The van der Waals surface area contributed by atoms with Gasteiger partial charge in [-0.2, -0.15) is 0 Å². The van der Waals surface area contributed by atoms with Crippen LogP contribution in [0.15, 0.2) is 53.5 Å². The van der Waals surface area contributed by atoms with Gasteiger partial charge in [0, 0.05) is 37.9 Å². The van der Waals surface area contributed by atoms with Gasteiger partial charge in [0.05, 0.1) is 5.69 Å². The highest BCUT2D eigenvalue weighted by Crippen LogP contribution is 2.25. The third kappa shape index (κ3) is 2.72. The average Bonchev–Trinajstić information content (AvgIpc) is 2.56. The van der Waals surface area contributed by atoms with Crippen molar-refractivity contribution >= 4 is 5.65 Å². The van der Waals surface area contributed by atoms with Gasteiger partial charge in [-0.15, -0.1) is 0 Å². The predicted molar refractivity (Wildman–Crippen MR) is 93.7 cm³/mol. The number of rotatable bonds is 2. The minimum atomic E-state index is -0.0413. The van der Waals surface area contributed by atoms with E-state index in [9.17, 15) is 4.79 Å². The molecule has 24 heavy (non-hydrogen) atoms. The summed E-state index contributed by atoms with van der Waals surface area (Å²) in [6, 6.07) is 13.8. The summed E-state index contributed by atoms with van der Waals surface area (Å²) in [7, 11) is 0. The predicted octanol–water partition coefficient (Wildman–Crippen LogP) is 2.02. The van der Waals surface area contributed by atoms with Crippen molar-refractivity contribution in [2.45, 2.75) is 26.1 Å². The van der Waals surface area contributed by atoms with Crippen LogP contribution < -0.4 is 11.3 Å². The number of aromatic nitrogens is 2. The maximum absolute atomic E-state index is 12.3. The fourth-order valence-corrected chi connectivity index (χ4v) is 3.41. The van der Waals surface area contributed by atoms with Crippen molar-refractivity contribution in [3.63, 3.8) is 0 Å². The van der Waals surface area contributed by atoms with Crippen LogP contribution in [-0.4, -0.2) is 20.8 Å². The molecule has 122 valence electrons. The first-order valence-electron chi connectivity index (χ1n) is 8.15. The highest BCUT2D eigenvalue weighted by Gasteiger charge is 2.22.